The summed E-state index contributed by atoms with van der Waals surface area (Å²) in [6.45, 7) is 3.38. The van der Waals surface area contributed by atoms with E-state index in [0.29, 0.717) is 25.3 Å². The van der Waals surface area contributed by atoms with Gasteiger partial charge in [0.15, 0.2) is 0 Å². The highest BCUT2D eigenvalue weighted by Crippen LogP contribution is 2.24. The standard InChI is InChI=1S/C21H26N4O4/c1-23(2)18-7-3-16(4-8-18)20(24-11-13-29-14-12-24)15-22-21(26)17-5-9-19(10-6-17)25(27)28/h3-10,20H,11-15H2,1-2H3,(H,22,26)/t20-/m1/s1. The molecule has 3 rings (SSSR count). The summed E-state index contributed by atoms with van der Waals surface area (Å²) in [4.78, 5) is 27.2. The Labute approximate surface area is 170 Å². The van der Waals surface area contributed by atoms with Crippen LogP contribution in [-0.4, -0.2) is 62.7 Å². The molecule has 1 aliphatic rings. The normalized spacial score (nSPS) is 15.5. The molecule has 1 fully saturated rings. The zero-order chi connectivity index (χ0) is 20.8. The first kappa shape index (κ1) is 20.8. The Kier molecular flexibility index (Phi) is 6.79. The fourth-order valence-corrected chi connectivity index (χ4v) is 3.37. The number of rotatable bonds is 7. The van der Waals surface area contributed by atoms with Crippen molar-refractivity contribution in [1.29, 1.82) is 0 Å². The second-order valence-corrected chi connectivity index (χ2v) is 7.16. The van der Waals surface area contributed by atoms with Crippen LogP contribution in [0.25, 0.3) is 0 Å². The van der Waals surface area contributed by atoms with Crippen molar-refractivity contribution in [3.05, 3.63) is 69.8 Å². The van der Waals surface area contributed by atoms with Gasteiger partial charge in [-0.2, -0.15) is 0 Å². The molecule has 8 heteroatoms. The highest BCUT2D eigenvalue weighted by atomic mass is 16.6. The molecule has 8 nitrogen and oxygen atoms in total. The fourth-order valence-electron chi connectivity index (χ4n) is 3.37. The van der Waals surface area contributed by atoms with Gasteiger partial charge in [0.2, 0.25) is 0 Å². The van der Waals surface area contributed by atoms with Gasteiger partial charge in [0.25, 0.3) is 11.6 Å². The molecule has 1 amide bonds. The molecule has 1 aliphatic heterocycles. The third kappa shape index (κ3) is 5.30. The van der Waals surface area contributed by atoms with Gasteiger partial charge in [-0.15, -0.1) is 0 Å². The van der Waals surface area contributed by atoms with E-state index < -0.39 is 4.92 Å². The molecule has 154 valence electrons. The Balaban J connectivity index is 1.72. The van der Waals surface area contributed by atoms with E-state index in [2.05, 4.69) is 34.5 Å². The number of nitrogens with one attached hydrogen (secondary N) is 1. The first-order chi connectivity index (χ1) is 14.0. The summed E-state index contributed by atoms with van der Waals surface area (Å²) in [6, 6.07) is 14.0. The third-order valence-corrected chi connectivity index (χ3v) is 5.08. The van der Waals surface area contributed by atoms with E-state index in [0.717, 1.165) is 24.3 Å². The van der Waals surface area contributed by atoms with Crippen LogP contribution < -0.4 is 10.2 Å². The molecule has 1 N–H and O–H groups in total. The van der Waals surface area contributed by atoms with Crippen molar-refractivity contribution >= 4 is 17.3 Å². The first-order valence-electron chi connectivity index (χ1n) is 9.57. The van der Waals surface area contributed by atoms with Crippen LogP contribution in [0.3, 0.4) is 0 Å². The molecule has 1 saturated heterocycles. The van der Waals surface area contributed by atoms with Crippen LogP contribution in [0, 0.1) is 10.1 Å². The average molecular weight is 398 g/mol. The van der Waals surface area contributed by atoms with Crippen molar-refractivity contribution in [2.75, 3.05) is 51.8 Å². The minimum absolute atomic E-state index is 0.0251. The lowest BCUT2D eigenvalue weighted by atomic mass is 10.0. The Morgan fingerprint density at radius 3 is 2.31 bits per heavy atom. The van der Waals surface area contributed by atoms with Gasteiger partial charge in [0, 0.05) is 57.1 Å². The van der Waals surface area contributed by atoms with E-state index in [4.69, 9.17) is 4.74 Å². The molecule has 0 aromatic heterocycles. The van der Waals surface area contributed by atoms with Gasteiger partial charge in [-0.3, -0.25) is 19.8 Å². The lowest BCUT2D eigenvalue weighted by molar-refractivity contribution is -0.384. The molecule has 0 aliphatic carbocycles. The number of nitrogens with zero attached hydrogens (tertiary/aromatic N) is 3. The molecule has 2 aromatic rings. The number of carbonyl (C=O) groups excluding carboxylic acids is 1. The van der Waals surface area contributed by atoms with Crippen LogP contribution in [0.2, 0.25) is 0 Å². The summed E-state index contributed by atoms with van der Waals surface area (Å²) < 4.78 is 5.47. The molecule has 1 atom stereocenters. The van der Waals surface area contributed by atoms with E-state index in [1.807, 2.05) is 19.0 Å². The number of amides is 1. The summed E-state index contributed by atoms with van der Waals surface area (Å²) in [5, 5.41) is 13.8. The maximum atomic E-state index is 12.6. The van der Waals surface area contributed by atoms with E-state index >= 15 is 0 Å². The molecule has 1 heterocycles. The van der Waals surface area contributed by atoms with Gasteiger partial charge in [0.05, 0.1) is 24.2 Å². The molecular formula is C21H26N4O4. The van der Waals surface area contributed by atoms with Crippen molar-refractivity contribution in [1.82, 2.24) is 10.2 Å². The highest BCUT2D eigenvalue weighted by Gasteiger charge is 2.23. The number of benzene rings is 2. The molecule has 0 bridgehead atoms. The van der Waals surface area contributed by atoms with E-state index in [1.165, 1.54) is 24.3 Å². The summed E-state index contributed by atoms with van der Waals surface area (Å²) in [6.07, 6.45) is 0. The zero-order valence-electron chi connectivity index (χ0n) is 16.7. The van der Waals surface area contributed by atoms with Crippen molar-refractivity contribution in [3.8, 4) is 0 Å². The molecule has 0 saturated carbocycles. The number of non-ortho nitro benzene ring substituents is 1. The van der Waals surface area contributed by atoms with Gasteiger partial charge >= 0.3 is 0 Å². The van der Waals surface area contributed by atoms with Crippen molar-refractivity contribution in [3.63, 3.8) is 0 Å². The van der Waals surface area contributed by atoms with E-state index in [1.54, 1.807) is 0 Å². The molecule has 0 unspecified atom stereocenters. The van der Waals surface area contributed by atoms with Crippen LogP contribution in [0.1, 0.15) is 22.0 Å². The summed E-state index contributed by atoms with van der Waals surface area (Å²) >= 11 is 0. The van der Waals surface area contributed by atoms with Gasteiger partial charge in [0.1, 0.15) is 0 Å². The number of nitro benzene ring substituents is 1. The van der Waals surface area contributed by atoms with Gasteiger partial charge < -0.3 is 15.0 Å². The smallest absolute Gasteiger partial charge is 0.269 e. The monoisotopic (exact) mass is 398 g/mol. The Bertz CT molecular complexity index is 831. The lowest BCUT2D eigenvalue weighted by Crippen LogP contribution is -2.43. The second kappa shape index (κ2) is 9.49. The van der Waals surface area contributed by atoms with Gasteiger partial charge in [-0.1, -0.05) is 12.1 Å². The first-order valence-corrected chi connectivity index (χ1v) is 9.57. The molecule has 29 heavy (non-hydrogen) atoms. The number of nitro groups is 1. The van der Waals surface area contributed by atoms with E-state index in [-0.39, 0.29) is 17.6 Å². The number of anilines is 1. The van der Waals surface area contributed by atoms with Gasteiger partial charge in [-0.25, -0.2) is 0 Å². The summed E-state index contributed by atoms with van der Waals surface area (Å²) in [5.41, 5.74) is 2.61. The predicted molar refractivity (Wildman–Crippen MR) is 111 cm³/mol. The third-order valence-electron chi connectivity index (χ3n) is 5.08. The average Bonchev–Trinajstić information content (AvgIpc) is 2.75. The number of ether oxygens (including phenoxy) is 1. The Morgan fingerprint density at radius 1 is 1.14 bits per heavy atom. The van der Waals surface area contributed by atoms with Crippen LogP contribution in [0.4, 0.5) is 11.4 Å². The fraction of sp³-hybridized carbons (Fsp3) is 0.381. The number of hydrogen-bond donors (Lipinski definition) is 1. The van der Waals surface area contributed by atoms with Crippen molar-refractivity contribution < 1.29 is 14.5 Å². The SMILES string of the molecule is CN(C)c1ccc([C@@H](CNC(=O)c2ccc([N+](=O)[O-])cc2)N2CCOCC2)cc1. The number of morpholine rings is 1. The van der Waals surface area contributed by atoms with Crippen molar-refractivity contribution in [2.45, 2.75) is 6.04 Å². The molecule has 2 aromatic carbocycles. The largest absolute Gasteiger partial charge is 0.379 e. The van der Waals surface area contributed by atoms with Crippen LogP contribution in [0.15, 0.2) is 48.5 Å². The Morgan fingerprint density at radius 2 is 1.76 bits per heavy atom. The highest BCUT2D eigenvalue weighted by molar-refractivity contribution is 5.94. The maximum Gasteiger partial charge on any atom is 0.269 e. The predicted octanol–water partition coefficient (Wildman–Crippen LogP) is 2.46. The molecular weight excluding hydrogens is 372 g/mol. The lowest BCUT2D eigenvalue weighted by Gasteiger charge is -2.35. The van der Waals surface area contributed by atoms with Crippen LogP contribution >= 0.6 is 0 Å². The maximum absolute atomic E-state index is 12.6. The van der Waals surface area contributed by atoms with E-state index in [9.17, 15) is 14.9 Å². The summed E-state index contributed by atoms with van der Waals surface area (Å²) in [5.74, 6) is -0.247. The number of carbonyl (C=O) groups is 1. The quantitative estimate of drug-likeness (QED) is 0.569. The topological polar surface area (TPSA) is 88.0 Å². The van der Waals surface area contributed by atoms with Crippen molar-refractivity contribution in [2.24, 2.45) is 0 Å². The zero-order valence-corrected chi connectivity index (χ0v) is 16.7. The van der Waals surface area contributed by atoms with Crippen LogP contribution in [-0.2, 0) is 4.74 Å². The minimum Gasteiger partial charge on any atom is -0.379 e. The minimum atomic E-state index is -0.479. The van der Waals surface area contributed by atoms with Crippen LogP contribution in [0.5, 0.6) is 0 Å². The second-order valence-electron chi connectivity index (χ2n) is 7.16. The Hall–Kier alpha value is -2.97. The molecule has 0 spiro atoms. The van der Waals surface area contributed by atoms with Gasteiger partial charge in [-0.05, 0) is 29.8 Å². The summed E-state index contributed by atoms with van der Waals surface area (Å²) in [7, 11) is 4.00. The number of hydrogen-bond acceptors (Lipinski definition) is 6. The molecule has 0 radical (unpaired) electrons.